The first-order valence-corrected chi connectivity index (χ1v) is 13.7. The number of piperidine rings is 1. The molecule has 10 heteroatoms. The minimum Gasteiger partial charge on any atom is -0.598 e. The zero-order valence-corrected chi connectivity index (χ0v) is 21.7. The van der Waals surface area contributed by atoms with Gasteiger partial charge in [0.05, 0.1) is 23.8 Å². The number of hydrogen-bond acceptors (Lipinski definition) is 6. The SMILES string of the molecule is CC(C)(C)[S@@+]([O-])N[C@@H]1c2c3c(nn2CC12CCN(c1ncc(Br)n4cncc14)CC2)CCC3. The van der Waals surface area contributed by atoms with Crippen molar-refractivity contribution in [1.82, 2.24) is 28.9 Å². The Balaban J connectivity index is 1.31. The van der Waals surface area contributed by atoms with Gasteiger partial charge in [0, 0.05) is 36.4 Å². The van der Waals surface area contributed by atoms with Crippen molar-refractivity contribution in [1.29, 1.82) is 0 Å². The molecule has 0 unspecified atom stereocenters. The van der Waals surface area contributed by atoms with Crippen molar-refractivity contribution in [3.05, 3.63) is 40.3 Å². The van der Waals surface area contributed by atoms with Crippen LogP contribution in [0.25, 0.3) is 5.52 Å². The lowest BCUT2D eigenvalue weighted by Gasteiger charge is -2.43. The molecule has 1 spiro atoms. The molecule has 6 rings (SSSR count). The highest BCUT2D eigenvalue weighted by atomic mass is 79.9. The molecule has 1 N–H and O–H groups in total. The van der Waals surface area contributed by atoms with Crippen molar-refractivity contribution in [2.45, 2.75) is 70.2 Å². The van der Waals surface area contributed by atoms with Gasteiger partial charge in [-0.15, -0.1) is 4.72 Å². The summed E-state index contributed by atoms with van der Waals surface area (Å²) in [6.07, 6.45) is 10.9. The maximum atomic E-state index is 13.2. The van der Waals surface area contributed by atoms with Crippen molar-refractivity contribution in [2.24, 2.45) is 5.41 Å². The number of halogens is 1. The van der Waals surface area contributed by atoms with Crippen molar-refractivity contribution in [2.75, 3.05) is 18.0 Å². The van der Waals surface area contributed by atoms with Gasteiger partial charge in [-0.1, -0.05) is 0 Å². The Bertz CT molecular complexity index is 1210. The Morgan fingerprint density at radius 2 is 2.00 bits per heavy atom. The second kappa shape index (κ2) is 7.69. The van der Waals surface area contributed by atoms with Gasteiger partial charge in [0.1, 0.15) is 27.2 Å². The number of aryl methyl sites for hydroxylation is 1. The van der Waals surface area contributed by atoms with Crippen LogP contribution in [0.4, 0.5) is 5.82 Å². The van der Waals surface area contributed by atoms with E-state index < -0.39 is 11.4 Å². The maximum absolute atomic E-state index is 13.2. The van der Waals surface area contributed by atoms with Crippen molar-refractivity contribution in [3.63, 3.8) is 0 Å². The van der Waals surface area contributed by atoms with Crippen molar-refractivity contribution >= 4 is 38.6 Å². The lowest BCUT2D eigenvalue weighted by molar-refractivity contribution is 0.160. The molecule has 5 heterocycles. The third-order valence-electron chi connectivity index (χ3n) is 7.60. The fraction of sp³-hybridized carbons (Fsp3) is 0.609. The van der Waals surface area contributed by atoms with E-state index in [1.165, 1.54) is 23.4 Å². The largest absolute Gasteiger partial charge is 0.598 e. The molecule has 8 nitrogen and oxygen atoms in total. The Labute approximate surface area is 205 Å². The molecule has 3 aliphatic rings. The van der Waals surface area contributed by atoms with Crippen molar-refractivity contribution in [3.8, 4) is 0 Å². The highest BCUT2D eigenvalue weighted by molar-refractivity contribution is 9.10. The smallest absolute Gasteiger partial charge is 0.154 e. The van der Waals surface area contributed by atoms with Crippen molar-refractivity contribution < 1.29 is 4.55 Å². The molecule has 0 amide bonds. The molecule has 0 saturated carbocycles. The summed E-state index contributed by atoms with van der Waals surface area (Å²) in [5.74, 6) is 0.977. The summed E-state index contributed by atoms with van der Waals surface area (Å²) in [6, 6.07) is 0.0712. The number of anilines is 1. The van der Waals surface area contributed by atoms with E-state index in [4.69, 9.17) is 10.1 Å². The highest BCUT2D eigenvalue weighted by Gasteiger charge is 2.53. The number of hydrogen-bond donors (Lipinski definition) is 1. The molecule has 1 fully saturated rings. The topological polar surface area (TPSA) is 86.3 Å². The number of rotatable bonds is 3. The molecule has 2 atom stereocenters. The van der Waals surface area contributed by atoms with E-state index in [0.717, 1.165) is 61.3 Å². The zero-order chi connectivity index (χ0) is 23.0. The zero-order valence-electron chi connectivity index (χ0n) is 19.3. The van der Waals surface area contributed by atoms with Crippen LogP contribution >= 0.6 is 15.9 Å². The van der Waals surface area contributed by atoms with Crippen LogP contribution in [0.3, 0.4) is 0 Å². The van der Waals surface area contributed by atoms with E-state index in [9.17, 15) is 4.55 Å². The van der Waals surface area contributed by atoms with Crippen LogP contribution in [0.2, 0.25) is 0 Å². The molecular formula is C23H30BrN7OS. The molecular weight excluding hydrogens is 502 g/mol. The Morgan fingerprint density at radius 3 is 2.76 bits per heavy atom. The summed E-state index contributed by atoms with van der Waals surface area (Å²) in [7, 11) is 0. The number of nitrogens with zero attached hydrogens (tertiary/aromatic N) is 6. The lowest BCUT2D eigenvalue weighted by atomic mass is 9.73. The predicted molar refractivity (Wildman–Crippen MR) is 133 cm³/mol. The van der Waals surface area contributed by atoms with E-state index in [1.807, 2.05) is 43.9 Å². The van der Waals surface area contributed by atoms with Gasteiger partial charge in [-0.2, -0.15) is 5.10 Å². The van der Waals surface area contributed by atoms with E-state index >= 15 is 0 Å². The molecule has 0 radical (unpaired) electrons. The second-order valence-electron chi connectivity index (χ2n) is 10.7. The molecule has 1 aliphatic carbocycles. The fourth-order valence-corrected chi connectivity index (χ4v) is 7.10. The van der Waals surface area contributed by atoms with Gasteiger partial charge in [0.25, 0.3) is 0 Å². The van der Waals surface area contributed by atoms with Gasteiger partial charge in [-0.25, -0.2) is 9.97 Å². The van der Waals surface area contributed by atoms with Crippen LogP contribution in [0.1, 0.15) is 63.0 Å². The average molecular weight is 533 g/mol. The van der Waals surface area contributed by atoms with Gasteiger partial charge in [-0.05, 0) is 74.4 Å². The first-order chi connectivity index (χ1) is 15.8. The van der Waals surface area contributed by atoms with Crippen LogP contribution in [0.15, 0.2) is 23.3 Å². The lowest BCUT2D eigenvalue weighted by Crippen LogP contribution is -2.50. The molecule has 33 heavy (non-hydrogen) atoms. The number of imidazole rings is 1. The van der Waals surface area contributed by atoms with Crippen LogP contribution in [0, 0.1) is 5.41 Å². The van der Waals surface area contributed by atoms with Gasteiger partial charge in [0.2, 0.25) is 0 Å². The maximum Gasteiger partial charge on any atom is 0.154 e. The summed E-state index contributed by atoms with van der Waals surface area (Å²) in [5, 5.41) is 5.00. The Hall–Kier alpha value is -1.62. The summed E-state index contributed by atoms with van der Waals surface area (Å²) in [4.78, 5) is 11.4. The Morgan fingerprint density at radius 1 is 1.21 bits per heavy atom. The molecule has 3 aromatic rings. The van der Waals surface area contributed by atoms with Gasteiger partial charge in [-0.3, -0.25) is 9.08 Å². The minimum atomic E-state index is -1.14. The highest BCUT2D eigenvalue weighted by Crippen LogP contribution is 2.52. The van der Waals surface area contributed by atoms with E-state index in [-0.39, 0.29) is 16.2 Å². The number of fused-ring (bicyclic) bond motifs is 4. The summed E-state index contributed by atoms with van der Waals surface area (Å²) >= 11 is 2.42. The fourth-order valence-electron chi connectivity index (χ4n) is 5.79. The molecule has 2 aliphatic heterocycles. The average Bonchev–Trinajstić information content (AvgIpc) is 3.52. The number of nitrogens with one attached hydrogen (secondary N) is 1. The predicted octanol–water partition coefficient (Wildman–Crippen LogP) is 3.57. The van der Waals surface area contributed by atoms with Crippen LogP contribution in [0.5, 0.6) is 0 Å². The summed E-state index contributed by atoms with van der Waals surface area (Å²) in [5.41, 5.74) is 5.00. The summed E-state index contributed by atoms with van der Waals surface area (Å²) < 4.78 is 21.7. The number of aromatic nitrogens is 5. The van der Waals surface area contributed by atoms with E-state index in [2.05, 4.69) is 35.2 Å². The molecule has 1 saturated heterocycles. The minimum absolute atomic E-state index is 0.0171. The molecule has 176 valence electrons. The van der Waals surface area contributed by atoms with Gasteiger partial charge < -0.3 is 9.45 Å². The third kappa shape index (κ3) is 3.44. The summed E-state index contributed by atoms with van der Waals surface area (Å²) in [6.45, 7) is 8.83. The quantitative estimate of drug-likeness (QED) is 0.520. The standard InChI is InChI=1S/C23H30BrN7OS/c1-22(2,3)33(32)28-20-19-15-5-4-6-16(15)27-31(19)13-23(20)7-9-29(10-8-23)21-17-11-25-14-30(17)18(24)12-26-21/h11-12,14,20,28H,4-10,13H2,1-3H3/t20-,33-/m1/s1. The second-order valence-corrected chi connectivity index (χ2v) is 13.5. The molecule has 0 bridgehead atoms. The van der Waals surface area contributed by atoms with E-state index in [1.54, 1.807) is 0 Å². The third-order valence-corrected chi connectivity index (χ3v) is 9.75. The molecule has 0 aromatic carbocycles. The van der Waals surface area contributed by atoms with Crippen LogP contribution < -0.4 is 9.62 Å². The van der Waals surface area contributed by atoms with Crippen LogP contribution in [-0.2, 0) is 30.7 Å². The van der Waals surface area contributed by atoms with Gasteiger partial charge in [0.15, 0.2) is 5.82 Å². The first-order valence-electron chi connectivity index (χ1n) is 11.7. The first kappa shape index (κ1) is 21.9. The van der Waals surface area contributed by atoms with E-state index in [0.29, 0.717) is 0 Å². The van der Waals surface area contributed by atoms with Gasteiger partial charge >= 0.3 is 0 Å². The monoisotopic (exact) mass is 531 g/mol. The van der Waals surface area contributed by atoms with Crippen LogP contribution in [-0.4, -0.2) is 46.5 Å². The molecule has 3 aromatic heterocycles. The normalized spacial score (nSPS) is 22.8. The Kier molecular flexibility index (Phi) is 5.10.